The molecule has 13 heavy (non-hydrogen) atoms. The zero-order chi connectivity index (χ0) is 9.47. The van der Waals surface area contributed by atoms with Crippen LogP contribution in [0.2, 0.25) is 0 Å². The maximum Gasteiger partial charge on any atom is 0.121 e. The summed E-state index contributed by atoms with van der Waals surface area (Å²) in [6.07, 6.45) is 1.91. The van der Waals surface area contributed by atoms with Crippen LogP contribution in [0.5, 0.6) is 0 Å². The molecule has 1 saturated carbocycles. The predicted octanol–water partition coefficient (Wildman–Crippen LogP) is 4.19. The Morgan fingerprint density at radius 1 is 1.31 bits per heavy atom. The van der Waals surface area contributed by atoms with Gasteiger partial charge in [-0.15, -0.1) is 23.2 Å². The molecule has 0 radical (unpaired) electrons. The Kier molecular flexibility index (Phi) is 2.61. The summed E-state index contributed by atoms with van der Waals surface area (Å²) in [4.78, 5) is 0. The van der Waals surface area contributed by atoms with E-state index in [0.29, 0.717) is 5.92 Å². The molecule has 70 valence electrons. The van der Waals surface area contributed by atoms with Crippen LogP contribution in [0.25, 0.3) is 0 Å². The van der Waals surface area contributed by atoms with Crippen LogP contribution in [-0.2, 0) is 6.42 Å². The minimum Gasteiger partial charge on any atom is -0.101 e. The van der Waals surface area contributed by atoms with Crippen molar-refractivity contribution in [2.75, 3.05) is 0 Å². The molecule has 0 aliphatic heterocycles. The molecule has 1 atom stereocenters. The first kappa shape index (κ1) is 9.82. The van der Waals surface area contributed by atoms with Crippen LogP contribution in [0.1, 0.15) is 12.0 Å². The number of hydrogen-bond donors (Lipinski definition) is 0. The SMILES string of the molecule is ClC1(Cl)CC1Cc1ccc(Br)cc1. The first-order valence-electron chi connectivity index (χ1n) is 4.20. The van der Waals surface area contributed by atoms with Gasteiger partial charge in [0.05, 0.1) is 0 Å². The van der Waals surface area contributed by atoms with Gasteiger partial charge >= 0.3 is 0 Å². The summed E-state index contributed by atoms with van der Waals surface area (Å²) in [5, 5.41) is 0. The highest BCUT2D eigenvalue weighted by molar-refractivity contribution is 9.10. The molecule has 1 unspecified atom stereocenters. The summed E-state index contributed by atoms with van der Waals surface area (Å²) in [5.74, 6) is 0.442. The van der Waals surface area contributed by atoms with Crippen LogP contribution in [-0.4, -0.2) is 4.33 Å². The predicted molar refractivity (Wildman–Crippen MR) is 60.4 cm³/mol. The van der Waals surface area contributed by atoms with E-state index in [0.717, 1.165) is 17.3 Å². The zero-order valence-corrected chi connectivity index (χ0v) is 10.0. The van der Waals surface area contributed by atoms with Gasteiger partial charge in [-0.2, -0.15) is 0 Å². The van der Waals surface area contributed by atoms with Crippen molar-refractivity contribution in [3.63, 3.8) is 0 Å². The summed E-state index contributed by atoms with van der Waals surface area (Å²) in [6, 6.07) is 8.29. The van der Waals surface area contributed by atoms with Crippen LogP contribution in [0.3, 0.4) is 0 Å². The highest BCUT2D eigenvalue weighted by Gasteiger charge is 2.50. The van der Waals surface area contributed by atoms with E-state index in [2.05, 4.69) is 28.1 Å². The minimum absolute atomic E-state index is 0.442. The molecule has 3 heteroatoms. The molecule has 0 N–H and O–H groups in total. The van der Waals surface area contributed by atoms with Crippen LogP contribution in [0.15, 0.2) is 28.7 Å². The van der Waals surface area contributed by atoms with E-state index in [1.807, 2.05) is 12.1 Å². The Bertz CT molecular complexity index is 305. The molecule has 1 aliphatic carbocycles. The quantitative estimate of drug-likeness (QED) is 0.713. The van der Waals surface area contributed by atoms with Gasteiger partial charge in [0.15, 0.2) is 0 Å². The molecule has 0 saturated heterocycles. The summed E-state index contributed by atoms with van der Waals surface area (Å²) in [7, 11) is 0. The van der Waals surface area contributed by atoms with E-state index in [1.165, 1.54) is 5.56 Å². The zero-order valence-electron chi connectivity index (χ0n) is 6.93. The molecule has 0 nitrogen and oxygen atoms in total. The first-order chi connectivity index (χ1) is 6.08. The third-order valence-corrected chi connectivity index (χ3v) is 3.81. The van der Waals surface area contributed by atoms with Crippen molar-refractivity contribution in [1.29, 1.82) is 0 Å². The second kappa shape index (κ2) is 3.45. The smallest absolute Gasteiger partial charge is 0.101 e. The second-order valence-corrected chi connectivity index (χ2v) is 5.95. The lowest BCUT2D eigenvalue weighted by atomic mass is 10.1. The van der Waals surface area contributed by atoms with Crippen molar-refractivity contribution in [2.24, 2.45) is 5.92 Å². The van der Waals surface area contributed by atoms with Crippen LogP contribution < -0.4 is 0 Å². The van der Waals surface area contributed by atoms with Crippen molar-refractivity contribution in [2.45, 2.75) is 17.2 Å². The van der Waals surface area contributed by atoms with E-state index in [1.54, 1.807) is 0 Å². The summed E-state index contributed by atoms with van der Waals surface area (Å²) < 4.78 is 0.655. The Morgan fingerprint density at radius 2 is 1.85 bits per heavy atom. The molecule has 1 aromatic carbocycles. The molecule has 0 aromatic heterocycles. The van der Waals surface area contributed by atoms with Crippen LogP contribution in [0.4, 0.5) is 0 Å². The Hall–Kier alpha value is 0.280. The van der Waals surface area contributed by atoms with E-state index in [4.69, 9.17) is 23.2 Å². The summed E-state index contributed by atoms with van der Waals surface area (Å²) in [5.41, 5.74) is 1.30. The molecule has 1 aromatic rings. The fourth-order valence-electron chi connectivity index (χ4n) is 1.40. The molecular formula is C10H9BrCl2. The molecule has 1 fully saturated rings. The number of rotatable bonds is 2. The van der Waals surface area contributed by atoms with E-state index >= 15 is 0 Å². The van der Waals surface area contributed by atoms with Gasteiger partial charge in [0, 0.05) is 4.47 Å². The summed E-state index contributed by atoms with van der Waals surface area (Å²) in [6.45, 7) is 0. The lowest BCUT2D eigenvalue weighted by Crippen LogP contribution is -1.94. The lowest BCUT2D eigenvalue weighted by Gasteiger charge is -2.00. The Balaban J connectivity index is 2.00. The normalized spacial score (nSPS) is 24.4. The number of benzene rings is 1. The van der Waals surface area contributed by atoms with Crippen LogP contribution >= 0.6 is 39.1 Å². The van der Waals surface area contributed by atoms with Gasteiger partial charge in [0.1, 0.15) is 4.33 Å². The first-order valence-corrected chi connectivity index (χ1v) is 5.75. The van der Waals surface area contributed by atoms with Gasteiger partial charge in [-0.25, -0.2) is 0 Å². The average Bonchev–Trinajstić information content (AvgIpc) is 2.64. The Labute approximate surface area is 96.4 Å². The number of halogens is 3. The van der Waals surface area contributed by atoms with Crippen molar-refractivity contribution >= 4 is 39.1 Å². The minimum atomic E-state index is -0.451. The Morgan fingerprint density at radius 3 is 2.31 bits per heavy atom. The van der Waals surface area contributed by atoms with Gasteiger partial charge in [0.2, 0.25) is 0 Å². The van der Waals surface area contributed by atoms with Gasteiger partial charge in [-0.05, 0) is 36.5 Å². The van der Waals surface area contributed by atoms with Crippen LogP contribution in [0, 0.1) is 5.92 Å². The largest absolute Gasteiger partial charge is 0.121 e. The number of hydrogen-bond acceptors (Lipinski definition) is 0. The monoisotopic (exact) mass is 278 g/mol. The van der Waals surface area contributed by atoms with Crippen molar-refractivity contribution in [3.8, 4) is 0 Å². The standard InChI is InChI=1S/C10H9BrCl2/c11-9-3-1-7(2-4-9)5-8-6-10(8,12)13/h1-4,8H,5-6H2. The fraction of sp³-hybridized carbons (Fsp3) is 0.400. The van der Waals surface area contributed by atoms with Gasteiger partial charge in [-0.1, -0.05) is 28.1 Å². The van der Waals surface area contributed by atoms with Gasteiger partial charge in [-0.3, -0.25) is 0 Å². The van der Waals surface area contributed by atoms with Gasteiger partial charge < -0.3 is 0 Å². The third-order valence-electron chi connectivity index (χ3n) is 2.35. The molecule has 0 bridgehead atoms. The van der Waals surface area contributed by atoms with E-state index in [9.17, 15) is 0 Å². The summed E-state index contributed by atoms with van der Waals surface area (Å²) >= 11 is 15.3. The lowest BCUT2D eigenvalue weighted by molar-refractivity contribution is 0.820. The third kappa shape index (κ3) is 2.39. The van der Waals surface area contributed by atoms with E-state index in [-0.39, 0.29) is 0 Å². The maximum absolute atomic E-state index is 5.94. The van der Waals surface area contributed by atoms with Crippen molar-refractivity contribution < 1.29 is 0 Å². The van der Waals surface area contributed by atoms with Crippen molar-refractivity contribution in [1.82, 2.24) is 0 Å². The van der Waals surface area contributed by atoms with Crippen molar-refractivity contribution in [3.05, 3.63) is 34.3 Å². The molecule has 0 spiro atoms. The highest BCUT2D eigenvalue weighted by atomic mass is 79.9. The maximum atomic E-state index is 5.94. The number of alkyl halides is 2. The fourth-order valence-corrected chi connectivity index (χ4v) is 2.19. The molecule has 1 aliphatic rings. The molecule has 2 rings (SSSR count). The highest BCUT2D eigenvalue weighted by Crippen LogP contribution is 2.54. The molecule has 0 heterocycles. The average molecular weight is 280 g/mol. The van der Waals surface area contributed by atoms with Gasteiger partial charge in [0.25, 0.3) is 0 Å². The van der Waals surface area contributed by atoms with E-state index < -0.39 is 4.33 Å². The topological polar surface area (TPSA) is 0 Å². The molecule has 0 amide bonds. The second-order valence-electron chi connectivity index (χ2n) is 3.49. The molecular weight excluding hydrogens is 271 g/mol.